The Morgan fingerprint density at radius 2 is 1.76 bits per heavy atom. The van der Waals surface area contributed by atoms with E-state index in [1.165, 1.54) is 18.4 Å². The molecule has 3 rings (SSSR count). The van der Waals surface area contributed by atoms with Crippen molar-refractivity contribution in [2.24, 2.45) is 0 Å². The molecule has 1 aliphatic rings. The second-order valence-electron chi connectivity index (χ2n) is 5.72. The molecular weight excluding hydrogens is 301 g/mol. The van der Waals surface area contributed by atoms with Crippen molar-refractivity contribution < 1.29 is 0 Å². The van der Waals surface area contributed by atoms with Gasteiger partial charge in [0.2, 0.25) is 0 Å². The van der Waals surface area contributed by atoms with Gasteiger partial charge < -0.3 is 5.32 Å². The van der Waals surface area contributed by atoms with E-state index in [9.17, 15) is 0 Å². The summed E-state index contributed by atoms with van der Waals surface area (Å²) in [5.41, 5.74) is 2.63. The summed E-state index contributed by atoms with van der Waals surface area (Å²) in [7, 11) is 0. The van der Waals surface area contributed by atoms with Gasteiger partial charge in [0.15, 0.2) is 0 Å². The number of hydrogen-bond acceptors (Lipinski definition) is 1. The van der Waals surface area contributed by atoms with E-state index < -0.39 is 0 Å². The largest absolute Gasteiger partial charge is 0.314 e. The quantitative estimate of drug-likeness (QED) is 0.811. The van der Waals surface area contributed by atoms with Gasteiger partial charge in [0.25, 0.3) is 0 Å². The summed E-state index contributed by atoms with van der Waals surface area (Å²) in [6.07, 6.45) is 3.42. The molecule has 1 aliphatic carbocycles. The Morgan fingerprint density at radius 1 is 1.00 bits per heavy atom. The minimum atomic E-state index is 0.640. The highest BCUT2D eigenvalue weighted by Crippen LogP contribution is 2.36. The molecule has 1 saturated carbocycles. The molecule has 110 valence electrons. The zero-order chi connectivity index (χ0) is 14.7. The van der Waals surface area contributed by atoms with Crippen LogP contribution < -0.4 is 5.32 Å². The molecule has 21 heavy (non-hydrogen) atoms. The number of hydrogen-bond donors (Lipinski definition) is 1. The molecule has 1 nitrogen and oxygen atoms in total. The van der Waals surface area contributed by atoms with Gasteiger partial charge in [-0.3, -0.25) is 0 Å². The third-order valence-electron chi connectivity index (χ3n) is 4.25. The summed E-state index contributed by atoms with van der Waals surface area (Å²) >= 11 is 12.1. The lowest BCUT2D eigenvalue weighted by atomic mass is 9.76. The standard InChI is InChI=1S/C18H19Cl2N/c19-16-7-6-14(18(20)12-16)8-9-21-17-10-15(11-17)13-4-2-1-3-5-13/h1-7,12,15,17,21H,8-11H2. The molecule has 0 spiro atoms. The Morgan fingerprint density at radius 3 is 2.48 bits per heavy atom. The van der Waals surface area contributed by atoms with Crippen LogP contribution in [0, 0.1) is 0 Å². The summed E-state index contributed by atoms with van der Waals surface area (Å²) in [4.78, 5) is 0. The van der Waals surface area contributed by atoms with Crippen LogP contribution in [0.4, 0.5) is 0 Å². The Labute approximate surface area is 136 Å². The molecule has 0 saturated heterocycles. The van der Waals surface area contributed by atoms with Crippen molar-refractivity contribution in [1.29, 1.82) is 0 Å². The molecule has 2 aromatic rings. The monoisotopic (exact) mass is 319 g/mol. The van der Waals surface area contributed by atoms with Crippen molar-refractivity contribution in [3.05, 3.63) is 69.7 Å². The maximum Gasteiger partial charge on any atom is 0.0453 e. The predicted molar refractivity (Wildman–Crippen MR) is 90.4 cm³/mol. The molecule has 1 N–H and O–H groups in total. The molecule has 3 heteroatoms. The van der Waals surface area contributed by atoms with Crippen LogP contribution in [-0.4, -0.2) is 12.6 Å². The maximum absolute atomic E-state index is 6.18. The van der Waals surface area contributed by atoms with Gasteiger partial charge in [-0.1, -0.05) is 59.6 Å². The Kier molecular flexibility index (Phi) is 4.84. The molecular formula is C18H19Cl2N. The van der Waals surface area contributed by atoms with Gasteiger partial charge >= 0.3 is 0 Å². The number of halogens is 2. The van der Waals surface area contributed by atoms with E-state index in [1.807, 2.05) is 18.2 Å². The minimum absolute atomic E-state index is 0.640. The second-order valence-corrected chi connectivity index (χ2v) is 6.56. The summed E-state index contributed by atoms with van der Waals surface area (Å²) in [6, 6.07) is 17.2. The van der Waals surface area contributed by atoms with E-state index in [4.69, 9.17) is 23.2 Å². The van der Waals surface area contributed by atoms with Crippen LogP contribution in [0.2, 0.25) is 10.0 Å². The van der Waals surface area contributed by atoms with Crippen LogP contribution in [0.15, 0.2) is 48.5 Å². The van der Waals surface area contributed by atoms with Crippen LogP contribution >= 0.6 is 23.2 Å². The first-order valence-corrected chi connectivity index (χ1v) is 8.20. The highest BCUT2D eigenvalue weighted by atomic mass is 35.5. The van der Waals surface area contributed by atoms with Gasteiger partial charge in [-0.25, -0.2) is 0 Å². The third kappa shape index (κ3) is 3.79. The molecule has 0 radical (unpaired) electrons. The highest BCUT2D eigenvalue weighted by molar-refractivity contribution is 6.35. The van der Waals surface area contributed by atoms with Crippen molar-refractivity contribution in [3.63, 3.8) is 0 Å². The third-order valence-corrected chi connectivity index (χ3v) is 4.84. The summed E-state index contributed by atoms with van der Waals surface area (Å²) < 4.78 is 0. The van der Waals surface area contributed by atoms with Gasteiger partial charge in [-0.05, 0) is 55.0 Å². The SMILES string of the molecule is Clc1ccc(CCNC2CC(c3ccccc3)C2)c(Cl)c1. The fourth-order valence-electron chi connectivity index (χ4n) is 2.92. The fourth-order valence-corrected chi connectivity index (χ4v) is 3.42. The Bertz CT molecular complexity index is 591. The van der Waals surface area contributed by atoms with Gasteiger partial charge in [-0.15, -0.1) is 0 Å². The van der Waals surface area contributed by atoms with Gasteiger partial charge in [0.1, 0.15) is 0 Å². The first-order valence-electron chi connectivity index (χ1n) is 7.44. The molecule has 0 aromatic heterocycles. The lowest BCUT2D eigenvalue weighted by Gasteiger charge is -2.36. The van der Waals surface area contributed by atoms with Gasteiger partial charge in [0, 0.05) is 16.1 Å². The topological polar surface area (TPSA) is 12.0 Å². The molecule has 0 atom stereocenters. The molecule has 0 bridgehead atoms. The van der Waals surface area contributed by atoms with Crippen LogP contribution in [0.1, 0.15) is 29.9 Å². The van der Waals surface area contributed by atoms with Crippen molar-refractivity contribution in [2.45, 2.75) is 31.2 Å². The van der Waals surface area contributed by atoms with Crippen LogP contribution in [-0.2, 0) is 6.42 Å². The molecule has 0 amide bonds. The van der Waals surface area contributed by atoms with E-state index in [2.05, 4.69) is 35.6 Å². The van der Waals surface area contributed by atoms with E-state index >= 15 is 0 Å². The zero-order valence-electron chi connectivity index (χ0n) is 11.9. The first kappa shape index (κ1) is 14.9. The Balaban J connectivity index is 1.42. The summed E-state index contributed by atoms with van der Waals surface area (Å²) in [5, 5.41) is 5.08. The zero-order valence-corrected chi connectivity index (χ0v) is 13.4. The van der Waals surface area contributed by atoms with Crippen LogP contribution in [0.5, 0.6) is 0 Å². The number of nitrogens with one attached hydrogen (secondary N) is 1. The molecule has 0 unspecified atom stereocenters. The second kappa shape index (κ2) is 6.83. The molecule has 0 aliphatic heterocycles. The minimum Gasteiger partial charge on any atom is -0.314 e. The normalized spacial score (nSPS) is 21.0. The van der Waals surface area contributed by atoms with Gasteiger partial charge in [-0.2, -0.15) is 0 Å². The first-order chi connectivity index (χ1) is 10.2. The lowest BCUT2D eigenvalue weighted by molar-refractivity contribution is 0.293. The van der Waals surface area contributed by atoms with Crippen LogP contribution in [0.25, 0.3) is 0 Å². The summed E-state index contributed by atoms with van der Waals surface area (Å²) in [5.74, 6) is 0.725. The van der Waals surface area contributed by atoms with E-state index in [1.54, 1.807) is 0 Å². The van der Waals surface area contributed by atoms with Crippen molar-refractivity contribution in [1.82, 2.24) is 5.32 Å². The predicted octanol–water partition coefficient (Wildman–Crippen LogP) is 5.07. The fraction of sp³-hybridized carbons (Fsp3) is 0.333. The summed E-state index contributed by atoms with van der Waals surface area (Å²) in [6.45, 7) is 0.966. The van der Waals surface area contributed by atoms with E-state index in [-0.39, 0.29) is 0 Å². The average molecular weight is 320 g/mol. The molecule has 0 heterocycles. The smallest absolute Gasteiger partial charge is 0.0453 e. The van der Waals surface area contributed by atoms with E-state index in [0.717, 1.165) is 29.5 Å². The number of rotatable bonds is 5. The van der Waals surface area contributed by atoms with Crippen molar-refractivity contribution >= 4 is 23.2 Å². The van der Waals surface area contributed by atoms with Crippen LogP contribution in [0.3, 0.4) is 0 Å². The van der Waals surface area contributed by atoms with Crippen molar-refractivity contribution in [3.8, 4) is 0 Å². The maximum atomic E-state index is 6.18. The van der Waals surface area contributed by atoms with Crippen molar-refractivity contribution in [2.75, 3.05) is 6.54 Å². The highest BCUT2D eigenvalue weighted by Gasteiger charge is 2.29. The van der Waals surface area contributed by atoms with Gasteiger partial charge in [0.05, 0.1) is 0 Å². The number of benzene rings is 2. The lowest BCUT2D eigenvalue weighted by Crippen LogP contribution is -2.40. The molecule has 1 fully saturated rings. The molecule has 2 aromatic carbocycles. The Hall–Kier alpha value is -1.02. The van der Waals surface area contributed by atoms with E-state index in [0.29, 0.717) is 11.1 Å². The average Bonchev–Trinajstić information content (AvgIpc) is 2.44.